The van der Waals surface area contributed by atoms with Gasteiger partial charge in [0, 0.05) is 5.02 Å². The molecule has 0 radical (unpaired) electrons. The molecule has 0 saturated carbocycles. The second kappa shape index (κ2) is 5.70. The molecule has 0 aliphatic carbocycles. The number of halogens is 1. The zero-order valence-electron chi connectivity index (χ0n) is 11.3. The third-order valence-electron chi connectivity index (χ3n) is 3.63. The molecule has 21 heavy (non-hydrogen) atoms. The van der Waals surface area contributed by atoms with Gasteiger partial charge >= 0.3 is 0 Å². The van der Waals surface area contributed by atoms with Crippen molar-refractivity contribution >= 4 is 21.4 Å². The second-order valence-corrected chi connectivity index (χ2v) is 7.86. The van der Waals surface area contributed by atoms with E-state index in [4.69, 9.17) is 16.3 Å². The van der Waals surface area contributed by atoms with Gasteiger partial charge in [-0.25, -0.2) is 8.42 Å². The first-order valence-corrected chi connectivity index (χ1v) is 8.89. The summed E-state index contributed by atoms with van der Waals surface area (Å²) in [4.78, 5) is 0. The summed E-state index contributed by atoms with van der Waals surface area (Å²) in [6.45, 7) is 0. The first-order chi connectivity index (χ1) is 10.0. The van der Waals surface area contributed by atoms with E-state index in [1.807, 2.05) is 12.1 Å². The van der Waals surface area contributed by atoms with Crippen LogP contribution in [0.3, 0.4) is 0 Å². The molecule has 0 aromatic heterocycles. The molecule has 1 aliphatic rings. The van der Waals surface area contributed by atoms with E-state index >= 15 is 0 Å². The highest BCUT2D eigenvalue weighted by Gasteiger charge is 2.32. The second-order valence-electron chi connectivity index (χ2n) is 5.12. The van der Waals surface area contributed by atoms with Crippen LogP contribution in [0.5, 0.6) is 11.5 Å². The van der Waals surface area contributed by atoms with E-state index in [0.29, 0.717) is 28.7 Å². The first kappa shape index (κ1) is 14.4. The van der Waals surface area contributed by atoms with Gasteiger partial charge in [-0.15, -0.1) is 0 Å². The number of sulfone groups is 1. The normalized spacial score (nSPS) is 20.3. The maximum absolute atomic E-state index is 11.9. The summed E-state index contributed by atoms with van der Waals surface area (Å²) in [6, 6.07) is 14.4. The highest BCUT2D eigenvalue weighted by Crippen LogP contribution is 2.35. The number of benzene rings is 2. The number of hydrogen-bond acceptors (Lipinski definition) is 3. The van der Waals surface area contributed by atoms with Crippen LogP contribution in [0.15, 0.2) is 48.5 Å². The fourth-order valence-corrected chi connectivity index (χ4v) is 4.63. The smallest absolute Gasteiger partial charge is 0.157 e. The Morgan fingerprint density at radius 3 is 2.05 bits per heavy atom. The monoisotopic (exact) mass is 322 g/mol. The van der Waals surface area contributed by atoms with Gasteiger partial charge in [0.25, 0.3) is 0 Å². The van der Waals surface area contributed by atoms with Crippen molar-refractivity contribution in [3.63, 3.8) is 0 Å². The van der Waals surface area contributed by atoms with Crippen LogP contribution >= 0.6 is 11.6 Å². The predicted octanol–water partition coefficient (Wildman–Crippen LogP) is 4.38. The predicted molar refractivity (Wildman–Crippen MR) is 83.7 cm³/mol. The van der Waals surface area contributed by atoms with Crippen molar-refractivity contribution in [2.75, 3.05) is 5.75 Å². The molecule has 0 bridgehead atoms. The molecule has 1 heterocycles. The molecule has 1 saturated heterocycles. The lowest BCUT2D eigenvalue weighted by Crippen LogP contribution is -2.07. The fourth-order valence-electron chi connectivity index (χ4n) is 2.55. The topological polar surface area (TPSA) is 43.4 Å². The Balaban J connectivity index is 1.77. The number of ether oxygens (including phenoxy) is 1. The molecule has 1 fully saturated rings. The average Bonchev–Trinajstić information content (AvgIpc) is 2.82. The van der Waals surface area contributed by atoms with Crippen molar-refractivity contribution in [3.8, 4) is 11.5 Å². The largest absolute Gasteiger partial charge is 0.457 e. The van der Waals surface area contributed by atoms with Crippen molar-refractivity contribution in [2.24, 2.45) is 0 Å². The van der Waals surface area contributed by atoms with E-state index < -0.39 is 9.84 Å². The molecular formula is C16H15ClO3S. The standard InChI is InChI=1S/C16H15ClO3S/c17-13-5-9-15(10-6-13)20-14-7-3-12(4-8-14)16-2-1-11-21(16,18)19/h3-10,16H,1-2,11H2. The van der Waals surface area contributed by atoms with Gasteiger partial charge in [-0.2, -0.15) is 0 Å². The molecule has 0 N–H and O–H groups in total. The maximum atomic E-state index is 11.9. The zero-order chi connectivity index (χ0) is 14.9. The summed E-state index contributed by atoms with van der Waals surface area (Å²) in [7, 11) is -2.97. The molecule has 1 unspecified atom stereocenters. The van der Waals surface area contributed by atoms with Crippen LogP contribution in [0, 0.1) is 0 Å². The Morgan fingerprint density at radius 2 is 1.52 bits per heavy atom. The summed E-state index contributed by atoms with van der Waals surface area (Å²) in [5.74, 6) is 1.66. The summed E-state index contributed by atoms with van der Waals surface area (Å²) < 4.78 is 29.5. The van der Waals surface area contributed by atoms with Gasteiger partial charge in [0.2, 0.25) is 0 Å². The van der Waals surface area contributed by atoms with Crippen LogP contribution in [0.25, 0.3) is 0 Å². The molecule has 0 amide bonds. The number of rotatable bonds is 3. The van der Waals surface area contributed by atoms with Crippen LogP contribution in [-0.2, 0) is 9.84 Å². The van der Waals surface area contributed by atoms with Gasteiger partial charge in [0.15, 0.2) is 9.84 Å². The van der Waals surface area contributed by atoms with Gasteiger partial charge in [-0.05, 0) is 54.8 Å². The molecule has 3 rings (SSSR count). The summed E-state index contributed by atoms with van der Waals surface area (Å²) >= 11 is 5.82. The average molecular weight is 323 g/mol. The van der Waals surface area contributed by atoms with Gasteiger partial charge in [-0.3, -0.25) is 0 Å². The minimum Gasteiger partial charge on any atom is -0.457 e. The van der Waals surface area contributed by atoms with E-state index in [1.165, 1.54) is 0 Å². The zero-order valence-corrected chi connectivity index (χ0v) is 12.9. The Kier molecular flexibility index (Phi) is 3.91. The quantitative estimate of drug-likeness (QED) is 0.842. The van der Waals surface area contributed by atoms with E-state index in [1.54, 1.807) is 36.4 Å². The molecule has 1 atom stereocenters. The lowest BCUT2D eigenvalue weighted by molar-refractivity contribution is 0.482. The van der Waals surface area contributed by atoms with Crippen LogP contribution in [0.2, 0.25) is 5.02 Å². The third-order valence-corrected chi connectivity index (χ3v) is 6.11. The van der Waals surface area contributed by atoms with E-state index in [2.05, 4.69) is 0 Å². The highest BCUT2D eigenvalue weighted by atomic mass is 35.5. The minimum atomic E-state index is -2.97. The molecule has 1 aliphatic heterocycles. The molecule has 0 spiro atoms. The molecule has 3 nitrogen and oxygen atoms in total. The maximum Gasteiger partial charge on any atom is 0.157 e. The lowest BCUT2D eigenvalue weighted by Gasteiger charge is -2.11. The van der Waals surface area contributed by atoms with Gasteiger partial charge in [0.1, 0.15) is 11.5 Å². The van der Waals surface area contributed by atoms with Crippen molar-refractivity contribution < 1.29 is 13.2 Å². The van der Waals surface area contributed by atoms with E-state index in [0.717, 1.165) is 12.0 Å². The molecule has 2 aromatic rings. The Labute approximate surface area is 129 Å². The SMILES string of the molecule is O=S1(=O)CCCC1c1ccc(Oc2ccc(Cl)cc2)cc1. The van der Waals surface area contributed by atoms with Gasteiger partial charge in [0.05, 0.1) is 11.0 Å². The Bertz CT molecular complexity index is 721. The van der Waals surface area contributed by atoms with Gasteiger partial charge in [-0.1, -0.05) is 23.7 Å². The van der Waals surface area contributed by atoms with Crippen LogP contribution < -0.4 is 4.74 Å². The third kappa shape index (κ3) is 3.22. The minimum absolute atomic E-state index is 0.292. The summed E-state index contributed by atoms with van der Waals surface area (Å²) in [6.07, 6.45) is 1.45. The Morgan fingerprint density at radius 1 is 0.952 bits per heavy atom. The van der Waals surface area contributed by atoms with Crippen molar-refractivity contribution in [1.29, 1.82) is 0 Å². The number of hydrogen-bond donors (Lipinski definition) is 0. The van der Waals surface area contributed by atoms with Crippen molar-refractivity contribution in [2.45, 2.75) is 18.1 Å². The first-order valence-electron chi connectivity index (χ1n) is 6.79. The molecule has 2 aromatic carbocycles. The van der Waals surface area contributed by atoms with Crippen molar-refractivity contribution in [1.82, 2.24) is 0 Å². The fraction of sp³-hybridized carbons (Fsp3) is 0.250. The van der Waals surface area contributed by atoms with E-state index in [-0.39, 0.29) is 5.25 Å². The van der Waals surface area contributed by atoms with E-state index in [9.17, 15) is 8.42 Å². The van der Waals surface area contributed by atoms with Crippen LogP contribution in [-0.4, -0.2) is 14.2 Å². The molecular weight excluding hydrogens is 308 g/mol. The van der Waals surface area contributed by atoms with Crippen LogP contribution in [0.4, 0.5) is 0 Å². The summed E-state index contributed by atoms with van der Waals surface area (Å²) in [5, 5.41) is 0.297. The van der Waals surface area contributed by atoms with Crippen molar-refractivity contribution in [3.05, 3.63) is 59.1 Å². The van der Waals surface area contributed by atoms with Crippen LogP contribution in [0.1, 0.15) is 23.7 Å². The lowest BCUT2D eigenvalue weighted by atomic mass is 10.1. The van der Waals surface area contributed by atoms with Gasteiger partial charge < -0.3 is 4.74 Å². The highest BCUT2D eigenvalue weighted by molar-refractivity contribution is 7.91. The molecule has 5 heteroatoms. The molecule has 110 valence electrons. The summed E-state index contributed by atoms with van der Waals surface area (Å²) in [5.41, 5.74) is 0.843. The Hall–Kier alpha value is -1.52.